The van der Waals surface area contributed by atoms with Gasteiger partial charge in [-0.05, 0) is 37.3 Å². The number of benzene rings is 1. The largest absolute Gasteiger partial charge is 0.320 e. The summed E-state index contributed by atoms with van der Waals surface area (Å²) < 4.78 is 27.1. The first-order valence-corrected chi connectivity index (χ1v) is 7.91. The SMILES string of the molecule is CC(NC1CCCC(C)C1C)C(=O)Nc1c(F)cccc1F. The van der Waals surface area contributed by atoms with Gasteiger partial charge in [0.2, 0.25) is 5.91 Å². The maximum absolute atomic E-state index is 13.6. The van der Waals surface area contributed by atoms with E-state index in [0.717, 1.165) is 25.0 Å². The van der Waals surface area contributed by atoms with Crippen LogP contribution in [0.3, 0.4) is 0 Å². The lowest BCUT2D eigenvalue weighted by Crippen LogP contribution is -2.49. The third-order valence-corrected chi connectivity index (χ3v) is 4.78. The van der Waals surface area contributed by atoms with Crippen LogP contribution in [0.15, 0.2) is 18.2 Å². The Morgan fingerprint density at radius 3 is 2.50 bits per heavy atom. The second kappa shape index (κ2) is 7.18. The summed E-state index contributed by atoms with van der Waals surface area (Å²) in [6.07, 6.45) is 3.37. The van der Waals surface area contributed by atoms with Gasteiger partial charge < -0.3 is 10.6 Å². The molecule has 0 heterocycles. The zero-order chi connectivity index (χ0) is 16.3. The molecule has 1 aromatic rings. The maximum Gasteiger partial charge on any atom is 0.241 e. The van der Waals surface area contributed by atoms with Crippen LogP contribution in [0.5, 0.6) is 0 Å². The second-order valence-electron chi connectivity index (χ2n) is 6.35. The summed E-state index contributed by atoms with van der Waals surface area (Å²) in [5, 5.41) is 5.64. The van der Waals surface area contributed by atoms with Gasteiger partial charge in [-0.2, -0.15) is 0 Å². The summed E-state index contributed by atoms with van der Waals surface area (Å²) in [6, 6.07) is 3.28. The molecule has 1 aliphatic carbocycles. The lowest BCUT2D eigenvalue weighted by molar-refractivity contribution is -0.118. The average Bonchev–Trinajstić information content (AvgIpc) is 2.47. The molecule has 1 saturated carbocycles. The molecule has 2 N–H and O–H groups in total. The number of hydrogen-bond acceptors (Lipinski definition) is 2. The van der Waals surface area contributed by atoms with Crippen LogP contribution >= 0.6 is 0 Å². The van der Waals surface area contributed by atoms with Gasteiger partial charge in [0.15, 0.2) is 0 Å². The van der Waals surface area contributed by atoms with Crippen molar-refractivity contribution < 1.29 is 13.6 Å². The fourth-order valence-electron chi connectivity index (χ4n) is 3.06. The topological polar surface area (TPSA) is 41.1 Å². The summed E-state index contributed by atoms with van der Waals surface area (Å²) in [4.78, 5) is 12.2. The Morgan fingerprint density at radius 2 is 1.86 bits per heavy atom. The number of carbonyl (C=O) groups is 1. The summed E-state index contributed by atoms with van der Waals surface area (Å²) in [5.74, 6) is -0.852. The number of rotatable bonds is 4. The van der Waals surface area contributed by atoms with Crippen molar-refractivity contribution in [1.29, 1.82) is 0 Å². The molecule has 1 aliphatic rings. The number of amides is 1. The zero-order valence-corrected chi connectivity index (χ0v) is 13.3. The predicted molar refractivity (Wildman–Crippen MR) is 83.6 cm³/mol. The lowest BCUT2D eigenvalue weighted by atomic mass is 9.78. The van der Waals surface area contributed by atoms with Crippen molar-refractivity contribution in [2.75, 3.05) is 5.32 Å². The molecule has 0 radical (unpaired) electrons. The summed E-state index contributed by atoms with van der Waals surface area (Å²) in [6.45, 7) is 6.13. The van der Waals surface area contributed by atoms with Gasteiger partial charge >= 0.3 is 0 Å². The van der Waals surface area contributed by atoms with Crippen molar-refractivity contribution in [2.45, 2.75) is 52.1 Å². The molecule has 0 spiro atoms. The fraction of sp³-hybridized carbons (Fsp3) is 0.588. The highest BCUT2D eigenvalue weighted by molar-refractivity contribution is 5.94. The van der Waals surface area contributed by atoms with Crippen molar-refractivity contribution in [2.24, 2.45) is 11.8 Å². The van der Waals surface area contributed by atoms with Crippen molar-refractivity contribution in [3.05, 3.63) is 29.8 Å². The van der Waals surface area contributed by atoms with E-state index in [9.17, 15) is 13.6 Å². The van der Waals surface area contributed by atoms with Crippen LogP contribution in [0.2, 0.25) is 0 Å². The first kappa shape index (κ1) is 16.9. The Bertz CT molecular complexity index is 515. The van der Waals surface area contributed by atoms with E-state index in [1.165, 1.54) is 12.5 Å². The van der Waals surface area contributed by atoms with Gasteiger partial charge in [-0.25, -0.2) is 8.78 Å². The summed E-state index contributed by atoms with van der Waals surface area (Å²) >= 11 is 0. The molecule has 1 fully saturated rings. The highest BCUT2D eigenvalue weighted by atomic mass is 19.1. The molecule has 22 heavy (non-hydrogen) atoms. The number of carbonyl (C=O) groups excluding carboxylic acids is 1. The molecule has 0 aliphatic heterocycles. The zero-order valence-electron chi connectivity index (χ0n) is 13.3. The van der Waals surface area contributed by atoms with Gasteiger partial charge in [0.1, 0.15) is 17.3 Å². The Balaban J connectivity index is 1.97. The van der Waals surface area contributed by atoms with E-state index in [2.05, 4.69) is 24.5 Å². The smallest absolute Gasteiger partial charge is 0.241 e. The van der Waals surface area contributed by atoms with E-state index in [1.807, 2.05) is 0 Å². The lowest BCUT2D eigenvalue weighted by Gasteiger charge is -2.36. The van der Waals surface area contributed by atoms with Crippen LogP contribution in [0.4, 0.5) is 14.5 Å². The average molecular weight is 310 g/mol. The van der Waals surface area contributed by atoms with Gasteiger partial charge in [-0.15, -0.1) is 0 Å². The van der Waals surface area contributed by atoms with Gasteiger partial charge in [-0.1, -0.05) is 32.8 Å². The molecule has 4 atom stereocenters. The molecule has 0 aromatic heterocycles. The molecule has 1 aromatic carbocycles. The molecule has 0 bridgehead atoms. The fourth-order valence-corrected chi connectivity index (χ4v) is 3.06. The Labute approximate surface area is 130 Å². The van der Waals surface area contributed by atoms with Gasteiger partial charge in [0, 0.05) is 6.04 Å². The monoisotopic (exact) mass is 310 g/mol. The molecule has 5 heteroatoms. The Morgan fingerprint density at radius 1 is 1.23 bits per heavy atom. The molecule has 0 saturated heterocycles. The molecule has 122 valence electrons. The third-order valence-electron chi connectivity index (χ3n) is 4.78. The number of nitrogens with one attached hydrogen (secondary N) is 2. The molecular weight excluding hydrogens is 286 g/mol. The number of halogens is 2. The van der Waals surface area contributed by atoms with Crippen LogP contribution in [0.1, 0.15) is 40.0 Å². The first-order chi connectivity index (χ1) is 10.4. The van der Waals surface area contributed by atoms with E-state index in [0.29, 0.717) is 11.8 Å². The molecule has 1 amide bonds. The van der Waals surface area contributed by atoms with Crippen LogP contribution in [-0.2, 0) is 4.79 Å². The van der Waals surface area contributed by atoms with Gasteiger partial charge in [0.05, 0.1) is 6.04 Å². The molecule has 3 nitrogen and oxygen atoms in total. The normalized spacial score (nSPS) is 26.5. The van der Waals surface area contributed by atoms with Crippen molar-refractivity contribution >= 4 is 11.6 Å². The van der Waals surface area contributed by atoms with Crippen molar-refractivity contribution in [1.82, 2.24) is 5.32 Å². The van der Waals surface area contributed by atoms with Crippen molar-refractivity contribution in [3.63, 3.8) is 0 Å². The Kier molecular flexibility index (Phi) is 5.51. The minimum absolute atomic E-state index is 0.259. The number of hydrogen-bond donors (Lipinski definition) is 2. The van der Waals surface area contributed by atoms with Crippen LogP contribution in [0.25, 0.3) is 0 Å². The van der Waals surface area contributed by atoms with Crippen LogP contribution < -0.4 is 10.6 Å². The Hall–Kier alpha value is -1.49. The van der Waals surface area contributed by atoms with Gasteiger partial charge in [0.25, 0.3) is 0 Å². The van der Waals surface area contributed by atoms with Gasteiger partial charge in [-0.3, -0.25) is 4.79 Å². The minimum Gasteiger partial charge on any atom is -0.320 e. The predicted octanol–water partition coefficient (Wildman–Crippen LogP) is 3.71. The highest BCUT2D eigenvalue weighted by Gasteiger charge is 2.29. The minimum atomic E-state index is -0.764. The summed E-state index contributed by atoms with van der Waals surface area (Å²) in [7, 11) is 0. The number of para-hydroxylation sites is 1. The maximum atomic E-state index is 13.6. The molecule has 4 unspecified atom stereocenters. The van der Waals surface area contributed by atoms with Crippen molar-refractivity contribution in [3.8, 4) is 0 Å². The second-order valence-corrected chi connectivity index (χ2v) is 6.35. The van der Waals surface area contributed by atoms with Crippen LogP contribution in [-0.4, -0.2) is 18.0 Å². The van der Waals surface area contributed by atoms with E-state index < -0.39 is 23.6 Å². The molecule has 2 rings (SSSR count). The number of anilines is 1. The highest BCUT2D eigenvalue weighted by Crippen LogP contribution is 2.29. The quantitative estimate of drug-likeness (QED) is 0.890. The van der Waals surface area contributed by atoms with E-state index in [-0.39, 0.29) is 11.7 Å². The van der Waals surface area contributed by atoms with E-state index in [1.54, 1.807) is 6.92 Å². The van der Waals surface area contributed by atoms with E-state index >= 15 is 0 Å². The standard InChI is InChI=1S/C17H24F2N2O/c1-10-6-4-9-15(11(10)2)20-12(3)17(22)21-16-13(18)7-5-8-14(16)19/h5,7-8,10-12,15,20H,4,6,9H2,1-3H3,(H,21,22). The third kappa shape index (κ3) is 3.83. The van der Waals surface area contributed by atoms with Crippen LogP contribution in [0, 0.1) is 23.5 Å². The van der Waals surface area contributed by atoms with E-state index in [4.69, 9.17) is 0 Å². The summed E-state index contributed by atoms with van der Waals surface area (Å²) in [5.41, 5.74) is -0.383. The molecular formula is C17H24F2N2O. The first-order valence-electron chi connectivity index (χ1n) is 7.91.